The third kappa shape index (κ3) is 4.28. The molecule has 4 nitrogen and oxygen atoms in total. The van der Waals surface area contributed by atoms with E-state index in [0.717, 1.165) is 82.8 Å². The van der Waals surface area contributed by atoms with Crippen LogP contribution in [0.3, 0.4) is 0 Å². The van der Waals surface area contributed by atoms with Gasteiger partial charge in [-0.25, -0.2) is 15.0 Å². The molecule has 0 N–H and O–H groups in total. The van der Waals surface area contributed by atoms with Crippen molar-refractivity contribution in [3.8, 4) is 39.3 Å². The average molecular weight is 625 g/mol. The van der Waals surface area contributed by atoms with Crippen molar-refractivity contribution in [1.82, 2.24) is 19.5 Å². The van der Waals surface area contributed by atoms with E-state index in [1.807, 2.05) is 6.20 Å². The van der Waals surface area contributed by atoms with E-state index < -0.39 is 0 Å². The van der Waals surface area contributed by atoms with E-state index in [1.54, 1.807) is 6.33 Å². The van der Waals surface area contributed by atoms with Crippen LogP contribution in [-0.4, -0.2) is 19.5 Å². The zero-order valence-corrected chi connectivity index (χ0v) is 26.5. The molecule has 0 atom stereocenters. The lowest BCUT2D eigenvalue weighted by Gasteiger charge is -2.19. The number of fused-ring (bicyclic) bond motifs is 6. The highest BCUT2D eigenvalue weighted by Gasteiger charge is 2.26. The SMILES string of the molecule is c1ccc(-c2nc3c(-c4ccc5ccccc5c4)c4ccccc4c(-c4cc5ncncc5c5ccccc45)c3n2-c2ccccc2)cc1. The summed E-state index contributed by atoms with van der Waals surface area (Å²) in [6, 6.07) is 56.1. The molecule has 10 rings (SSSR count). The Morgan fingerprint density at radius 1 is 0.469 bits per heavy atom. The van der Waals surface area contributed by atoms with Crippen molar-refractivity contribution in [1.29, 1.82) is 0 Å². The largest absolute Gasteiger partial charge is 0.292 e. The molecule has 8 aromatic carbocycles. The fourth-order valence-corrected chi connectivity index (χ4v) is 7.55. The summed E-state index contributed by atoms with van der Waals surface area (Å²) in [6.45, 7) is 0. The molecule has 10 aromatic rings. The van der Waals surface area contributed by atoms with Crippen LogP contribution < -0.4 is 0 Å². The molecule has 0 fully saturated rings. The van der Waals surface area contributed by atoms with Crippen LogP contribution in [0.2, 0.25) is 0 Å². The van der Waals surface area contributed by atoms with Gasteiger partial charge in [0.2, 0.25) is 0 Å². The van der Waals surface area contributed by atoms with Gasteiger partial charge in [0.15, 0.2) is 0 Å². The molecule has 0 aliphatic heterocycles. The smallest absolute Gasteiger partial charge is 0.145 e. The van der Waals surface area contributed by atoms with Crippen LogP contribution in [0.5, 0.6) is 0 Å². The molecule has 0 radical (unpaired) electrons. The molecule has 4 heteroatoms. The summed E-state index contributed by atoms with van der Waals surface area (Å²) >= 11 is 0. The zero-order valence-electron chi connectivity index (χ0n) is 26.5. The van der Waals surface area contributed by atoms with E-state index in [4.69, 9.17) is 9.97 Å². The van der Waals surface area contributed by atoms with Gasteiger partial charge in [0.25, 0.3) is 0 Å². The Balaban J connectivity index is 1.47. The molecular formula is C45H28N4. The Morgan fingerprint density at radius 3 is 1.92 bits per heavy atom. The first kappa shape index (κ1) is 27.5. The van der Waals surface area contributed by atoms with E-state index in [-0.39, 0.29) is 0 Å². The van der Waals surface area contributed by atoms with Crippen LogP contribution in [0.15, 0.2) is 170 Å². The Labute approximate surface area is 282 Å². The van der Waals surface area contributed by atoms with Crippen molar-refractivity contribution in [3.63, 3.8) is 0 Å². The second kappa shape index (κ2) is 11.0. The van der Waals surface area contributed by atoms with Gasteiger partial charge >= 0.3 is 0 Å². The molecule has 228 valence electrons. The molecule has 49 heavy (non-hydrogen) atoms. The fourth-order valence-electron chi connectivity index (χ4n) is 7.55. The summed E-state index contributed by atoms with van der Waals surface area (Å²) in [7, 11) is 0. The van der Waals surface area contributed by atoms with E-state index in [1.165, 1.54) is 10.8 Å². The highest BCUT2D eigenvalue weighted by Crippen LogP contribution is 2.48. The normalized spacial score (nSPS) is 11.7. The highest BCUT2D eigenvalue weighted by molar-refractivity contribution is 6.25. The molecule has 0 amide bonds. The maximum atomic E-state index is 5.63. The number of nitrogens with zero attached hydrogens (tertiary/aromatic N) is 4. The lowest BCUT2D eigenvalue weighted by molar-refractivity contribution is 1.10. The van der Waals surface area contributed by atoms with Crippen molar-refractivity contribution in [2.24, 2.45) is 0 Å². The topological polar surface area (TPSA) is 43.6 Å². The number of rotatable bonds is 4. The minimum absolute atomic E-state index is 0.896. The van der Waals surface area contributed by atoms with Crippen molar-refractivity contribution in [2.75, 3.05) is 0 Å². The first-order chi connectivity index (χ1) is 24.3. The van der Waals surface area contributed by atoms with Crippen LogP contribution in [0.4, 0.5) is 0 Å². The van der Waals surface area contributed by atoms with E-state index >= 15 is 0 Å². The number of imidazole rings is 1. The number of hydrogen-bond acceptors (Lipinski definition) is 3. The molecule has 2 heterocycles. The first-order valence-electron chi connectivity index (χ1n) is 16.5. The predicted molar refractivity (Wildman–Crippen MR) is 203 cm³/mol. The van der Waals surface area contributed by atoms with Gasteiger partial charge in [-0.05, 0) is 67.7 Å². The second-order valence-electron chi connectivity index (χ2n) is 12.5. The van der Waals surface area contributed by atoms with Crippen molar-refractivity contribution in [3.05, 3.63) is 170 Å². The first-order valence-corrected chi connectivity index (χ1v) is 16.5. The van der Waals surface area contributed by atoms with Crippen LogP contribution in [-0.2, 0) is 0 Å². The molecule has 0 saturated heterocycles. The summed E-state index contributed by atoms with van der Waals surface area (Å²) in [5.41, 5.74) is 9.54. The minimum Gasteiger partial charge on any atom is -0.292 e. The molecule has 0 saturated carbocycles. The van der Waals surface area contributed by atoms with Crippen LogP contribution in [0, 0.1) is 0 Å². The Morgan fingerprint density at radius 2 is 1.12 bits per heavy atom. The number of hydrogen-bond donors (Lipinski definition) is 0. The maximum Gasteiger partial charge on any atom is 0.145 e. The van der Waals surface area contributed by atoms with E-state index in [0.29, 0.717) is 0 Å². The highest BCUT2D eigenvalue weighted by atomic mass is 15.1. The molecule has 0 aliphatic carbocycles. The Hall–Kier alpha value is -6.65. The van der Waals surface area contributed by atoms with Crippen LogP contribution in [0.1, 0.15) is 0 Å². The number of benzene rings is 8. The van der Waals surface area contributed by atoms with Crippen LogP contribution in [0.25, 0.3) is 93.6 Å². The average Bonchev–Trinajstić information content (AvgIpc) is 3.57. The van der Waals surface area contributed by atoms with E-state index in [2.05, 4.69) is 167 Å². The quantitative estimate of drug-likeness (QED) is 0.183. The summed E-state index contributed by atoms with van der Waals surface area (Å²) in [6.07, 6.45) is 3.56. The second-order valence-corrected chi connectivity index (χ2v) is 12.5. The molecular weight excluding hydrogens is 597 g/mol. The van der Waals surface area contributed by atoms with Gasteiger partial charge in [-0.2, -0.15) is 0 Å². The minimum atomic E-state index is 0.896. The zero-order chi connectivity index (χ0) is 32.3. The summed E-state index contributed by atoms with van der Waals surface area (Å²) in [4.78, 5) is 14.8. The molecule has 0 aliphatic rings. The summed E-state index contributed by atoms with van der Waals surface area (Å²) < 4.78 is 2.36. The van der Waals surface area contributed by atoms with Gasteiger partial charge in [0, 0.05) is 34.0 Å². The van der Waals surface area contributed by atoms with Crippen molar-refractivity contribution < 1.29 is 0 Å². The molecule has 0 spiro atoms. The van der Waals surface area contributed by atoms with Gasteiger partial charge in [-0.3, -0.25) is 4.57 Å². The lowest BCUT2D eigenvalue weighted by Crippen LogP contribution is -2.00. The third-order valence-corrected chi connectivity index (χ3v) is 9.70. The van der Waals surface area contributed by atoms with Gasteiger partial charge in [0.05, 0.1) is 16.6 Å². The fraction of sp³-hybridized carbons (Fsp3) is 0. The Kier molecular flexibility index (Phi) is 6.15. The maximum absolute atomic E-state index is 5.63. The van der Waals surface area contributed by atoms with Gasteiger partial charge in [-0.15, -0.1) is 0 Å². The van der Waals surface area contributed by atoms with Gasteiger partial charge in [0.1, 0.15) is 12.2 Å². The molecule has 0 bridgehead atoms. The Bertz CT molecular complexity index is 2870. The number of para-hydroxylation sites is 1. The van der Waals surface area contributed by atoms with Gasteiger partial charge in [-0.1, -0.05) is 133 Å². The predicted octanol–water partition coefficient (Wildman–Crippen LogP) is 11.4. The monoisotopic (exact) mass is 624 g/mol. The molecule has 2 aromatic heterocycles. The van der Waals surface area contributed by atoms with Crippen molar-refractivity contribution >= 4 is 54.3 Å². The molecule has 0 unspecified atom stereocenters. The third-order valence-electron chi connectivity index (χ3n) is 9.70. The van der Waals surface area contributed by atoms with Gasteiger partial charge < -0.3 is 0 Å². The lowest BCUT2D eigenvalue weighted by atomic mass is 9.87. The van der Waals surface area contributed by atoms with E-state index in [9.17, 15) is 0 Å². The standard InChI is InChI=1S/C45H28N4/c1-3-14-30(15-4-1)45-48-43-41(32-24-23-29-13-7-8-16-31(29)25-32)36-21-11-12-22-37(36)42(44(43)49(45)33-17-5-2-6-18-33)38-26-40-39(27-46-28-47-40)35-20-10-9-19-34(35)38/h1-28H. The number of aromatic nitrogens is 4. The van der Waals surface area contributed by atoms with Crippen LogP contribution >= 0.6 is 0 Å². The summed E-state index contributed by atoms with van der Waals surface area (Å²) in [5.74, 6) is 0.896. The summed E-state index contributed by atoms with van der Waals surface area (Å²) in [5, 5.41) is 8.05. The van der Waals surface area contributed by atoms with Crippen molar-refractivity contribution in [2.45, 2.75) is 0 Å².